The van der Waals surface area contributed by atoms with Crippen LogP contribution in [0.1, 0.15) is 11.5 Å². The van der Waals surface area contributed by atoms with Gasteiger partial charge in [0.05, 0.1) is 20.1 Å². The second kappa shape index (κ2) is 7.54. The Labute approximate surface area is 138 Å². The summed E-state index contributed by atoms with van der Waals surface area (Å²) in [6, 6.07) is 12.7. The maximum Gasteiger partial charge on any atom is 0.320 e. The van der Waals surface area contributed by atoms with Gasteiger partial charge in [-0.3, -0.25) is 19.7 Å². The molecule has 0 aliphatic rings. The van der Waals surface area contributed by atoms with Crippen molar-refractivity contribution >= 4 is 22.7 Å². The van der Waals surface area contributed by atoms with Crippen LogP contribution in [0.2, 0.25) is 0 Å². The van der Waals surface area contributed by atoms with Gasteiger partial charge in [0.2, 0.25) is 6.54 Å². The Balaban J connectivity index is 2.53. The first kappa shape index (κ1) is 17.4. The monoisotopic (exact) mass is 331 g/mol. The van der Waals surface area contributed by atoms with Crippen molar-refractivity contribution in [2.24, 2.45) is 5.92 Å². The summed E-state index contributed by atoms with van der Waals surface area (Å²) >= 11 is 0. The second-order valence-electron chi connectivity index (χ2n) is 5.25. The molecule has 0 aliphatic carbocycles. The van der Waals surface area contributed by atoms with Crippen molar-refractivity contribution in [2.75, 3.05) is 20.8 Å². The average Bonchev–Trinajstić information content (AvgIpc) is 2.59. The van der Waals surface area contributed by atoms with Gasteiger partial charge in [0.1, 0.15) is 0 Å². The van der Waals surface area contributed by atoms with Gasteiger partial charge in [0, 0.05) is 4.92 Å². The molecule has 0 spiro atoms. The zero-order valence-electron chi connectivity index (χ0n) is 13.3. The van der Waals surface area contributed by atoms with Crippen molar-refractivity contribution in [3.8, 4) is 0 Å². The lowest BCUT2D eigenvalue weighted by atomic mass is 9.85. The number of methoxy groups -OCH3 is 2. The Hall–Kier alpha value is -2.96. The molecule has 126 valence electrons. The second-order valence-corrected chi connectivity index (χ2v) is 5.25. The highest BCUT2D eigenvalue weighted by Crippen LogP contribution is 2.30. The molecule has 0 N–H and O–H groups in total. The molecule has 0 aliphatic heterocycles. The number of esters is 2. The fourth-order valence-electron chi connectivity index (χ4n) is 2.68. The minimum atomic E-state index is -1.40. The van der Waals surface area contributed by atoms with Crippen LogP contribution in [0.3, 0.4) is 0 Å². The van der Waals surface area contributed by atoms with Crippen molar-refractivity contribution in [2.45, 2.75) is 5.92 Å². The highest BCUT2D eigenvalue weighted by molar-refractivity contribution is 5.96. The van der Waals surface area contributed by atoms with E-state index in [9.17, 15) is 19.7 Å². The van der Waals surface area contributed by atoms with Crippen molar-refractivity contribution in [1.29, 1.82) is 0 Å². The predicted octanol–water partition coefficient (Wildman–Crippen LogP) is 2.16. The zero-order valence-corrected chi connectivity index (χ0v) is 13.3. The van der Waals surface area contributed by atoms with Gasteiger partial charge < -0.3 is 9.47 Å². The Morgan fingerprint density at radius 3 is 2.17 bits per heavy atom. The maximum atomic E-state index is 12.0. The highest BCUT2D eigenvalue weighted by atomic mass is 16.6. The summed E-state index contributed by atoms with van der Waals surface area (Å²) in [5, 5.41) is 12.9. The number of hydrogen-bond acceptors (Lipinski definition) is 6. The zero-order chi connectivity index (χ0) is 17.7. The molecule has 0 heterocycles. The number of nitrogens with zero attached hydrogens (tertiary/aromatic N) is 1. The van der Waals surface area contributed by atoms with Gasteiger partial charge in [0.25, 0.3) is 0 Å². The average molecular weight is 331 g/mol. The van der Waals surface area contributed by atoms with E-state index in [1.165, 1.54) is 0 Å². The Morgan fingerprint density at radius 2 is 1.62 bits per heavy atom. The van der Waals surface area contributed by atoms with Gasteiger partial charge >= 0.3 is 11.9 Å². The largest absolute Gasteiger partial charge is 0.468 e. The van der Waals surface area contributed by atoms with Crippen LogP contribution in [0, 0.1) is 16.0 Å². The van der Waals surface area contributed by atoms with Gasteiger partial charge in [-0.15, -0.1) is 0 Å². The summed E-state index contributed by atoms with van der Waals surface area (Å²) in [7, 11) is 2.25. The molecular formula is C17H17NO6. The number of benzene rings is 2. The molecular weight excluding hydrogens is 314 g/mol. The van der Waals surface area contributed by atoms with Crippen molar-refractivity contribution in [1.82, 2.24) is 0 Å². The smallest absolute Gasteiger partial charge is 0.320 e. The summed E-state index contributed by atoms with van der Waals surface area (Å²) in [5.41, 5.74) is 0.506. The highest BCUT2D eigenvalue weighted by Gasteiger charge is 2.40. The lowest BCUT2D eigenvalue weighted by Gasteiger charge is -2.21. The summed E-state index contributed by atoms with van der Waals surface area (Å²) in [6.45, 7) is -0.590. The van der Waals surface area contributed by atoms with E-state index in [4.69, 9.17) is 0 Å². The third-order valence-corrected chi connectivity index (χ3v) is 3.86. The Morgan fingerprint density at radius 1 is 1.04 bits per heavy atom. The minimum absolute atomic E-state index is 0.506. The fraction of sp³-hybridized carbons (Fsp3) is 0.294. The molecule has 0 amide bonds. The molecule has 7 heteroatoms. The Kier molecular flexibility index (Phi) is 5.47. The van der Waals surface area contributed by atoms with E-state index in [2.05, 4.69) is 9.47 Å². The minimum Gasteiger partial charge on any atom is -0.468 e. The van der Waals surface area contributed by atoms with Crippen molar-refractivity contribution in [3.63, 3.8) is 0 Å². The number of rotatable bonds is 6. The molecule has 0 saturated heterocycles. The van der Waals surface area contributed by atoms with E-state index in [-0.39, 0.29) is 0 Å². The SMILES string of the molecule is COC(=O)C(C(=O)OC)[C@H](C[N+](=O)[O-])c1ccc2ccccc2c1. The molecule has 0 saturated carbocycles. The molecule has 2 aromatic rings. The van der Waals surface area contributed by atoms with Crippen LogP contribution in [0.25, 0.3) is 10.8 Å². The molecule has 0 unspecified atom stereocenters. The number of carbonyl (C=O) groups excluding carboxylic acids is 2. The van der Waals surface area contributed by atoms with Crippen molar-refractivity contribution in [3.05, 3.63) is 58.1 Å². The topological polar surface area (TPSA) is 95.7 Å². The molecule has 0 aromatic heterocycles. The van der Waals surface area contributed by atoms with Gasteiger partial charge in [0.15, 0.2) is 5.92 Å². The molecule has 0 fully saturated rings. The number of carbonyl (C=O) groups is 2. The lowest BCUT2D eigenvalue weighted by molar-refractivity contribution is -0.484. The summed E-state index contributed by atoms with van der Waals surface area (Å²) in [4.78, 5) is 34.6. The van der Waals surface area contributed by atoms with Gasteiger partial charge in [-0.2, -0.15) is 0 Å². The van der Waals surface area contributed by atoms with E-state index in [1.54, 1.807) is 18.2 Å². The van der Waals surface area contributed by atoms with E-state index in [0.717, 1.165) is 25.0 Å². The molecule has 24 heavy (non-hydrogen) atoms. The summed E-state index contributed by atoms with van der Waals surface area (Å²) in [5.74, 6) is -4.10. The third-order valence-electron chi connectivity index (χ3n) is 3.86. The van der Waals surface area contributed by atoms with Crippen LogP contribution in [0.5, 0.6) is 0 Å². The predicted molar refractivity (Wildman–Crippen MR) is 86.1 cm³/mol. The molecule has 2 aromatic carbocycles. The first-order valence-corrected chi connectivity index (χ1v) is 7.24. The van der Waals surface area contributed by atoms with Crippen LogP contribution >= 0.6 is 0 Å². The Bertz CT molecular complexity index is 757. The molecule has 0 radical (unpaired) electrons. The third kappa shape index (κ3) is 3.68. The van der Waals surface area contributed by atoms with Crippen molar-refractivity contribution < 1.29 is 24.0 Å². The van der Waals surface area contributed by atoms with Gasteiger partial charge in [-0.05, 0) is 16.3 Å². The summed E-state index contributed by atoms with van der Waals surface area (Å²) in [6.07, 6.45) is 0. The van der Waals surface area contributed by atoms with Crippen LogP contribution in [-0.4, -0.2) is 37.6 Å². The standard InChI is InChI=1S/C17H17NO6/c1-23-16(19)15(17(20)24-2)14(10-18(21)22)13-8-7-11-5-3-4-6-12(11)9-13/h3-9,14-15H,10H2,1-2H3/t14-/m1/s1. The van der Waals surface area contributed by atoms with Crippen LogP contribution in [0.15, 0.2) is 42.5 Å². The molecule has 0 bridgehead atoms. The fourth-order valence-corrected chi connectivity index (χ4v) is 2.68. The molecule has 2 rings (SSSR count). The normalized spacial score (nSPS) is 12.0. The first-order valence-electron chi connectivity index (χ1n) is 7.24. The van der Waals surface area contributed by atoms with Crippen LogP contribution in [0.4, 0.5) is 0 Å². The molecule has 1 atom stereocenters. The number of hydrogen-bond donors (Lipinski definition) is 0. The maximum absolute atomic E-state index is 12.0. The number of nitro groups is 1. The molecule has 7 nitrogen and oxygen atoms in total. The van der Waals surface area contributed by atoms with E-state index in [1.807, 2.05) is 24.3 Å². The van der Waals surface area contributed by atoms with Crippen LogP contribution in [-0.2, 0) is 19.1 Å². The lowest BCUT2D eigenvalue weighted by Crippen LogP contribution is -2.35. The number of fused-ring (bicyclic) bond motifs is 1. The number of ether oxygens (including phenoxy) is 2. The van der Waals surface area contributed by atoms with Gasteiger partial charge in [-0.25, -0.2) is 0 Å². The quantitative estimate of drug-likeness (QED) is 0.348. The summed E-state index contributed by atoms with van der Waals surface area (Å²) < 4.78 is 9.29. The van der Waals surface area contributed by atoms with E-state index >= 15 is 0 Å². The van der Waals surface area contributed by atoms with E-state index in [0.29, 0.717) is 5.56 Å². The van der Waals surface area contributed by atoms with Gasteiger partial charge in [-0.1, -0.05) is 42.5 Å². The van der Waals surface area contributed by atoms with E-state index < -0.39 is 35.2 Å². The van der Waals surface area contributed by atoms with Crippen LogP contribution < -0.4 is 0 Å². The first-order chi connectivity index (χ1) is 11.5.